The van der Waals surface area contributed by atoms with Gasteiger partial charge >= 0.3 is 0 Å². The van der Waals surface area contributed by atoms with Crippen molar-refractivity contribution in [1.29, 1.82) is 0 Å². The number of fused-ring (bicyclic) bond motifs is 1. The Bertz CT molecular complexity index is 855. The first-order valence-corrected chi connectivity index (χ1v) is 9.75. The average molecular weight is 528 g/mol. The third kappa shape index (κ3) is 5.80. The molecule has 2 aromatic rings. The van der Waals surface area contributed by atoms with Gasteiger partial charge in [-0.15, -0.1) is 24.0 Å². The molecule has 9 heteroatoms. The van der Waals surface area contributed by atoms with Crippen LogP contribution in [0.4, 0.5) is 0 Å². The molecule has 164 valence electrons. The zero-order valence-electron chi connectivity index (χ0n) is 17.6. The molecule has 2 heterocycles. The number of hydrogen-bond donors (Lipinski definition) is 2. The minimum absolute atomic E-state index is 0. The highest BCUT2D eigenvalue weighted by molar-refractivity contribution is 14.0. The van der Waals surface area contributed by atoms with E-state index in [1.165, 1.54) is 17.4 Å². The predicted octanol–water partition coefficient (Wildman–Crippen LogP) is 2.67. The van der Waals surface area contributed by atoms with Crippen molar-refractivity contribution >= 4 is 35.8 Å². The van der Waals surface area contributed by atoms with Gasteiger partial charge in [-0.1, -0.05) is 0 Å². The Hall–Kier alpha value is -2.43. The molecule has 1 amide bonds. The summed E-state index contributed by atoms with van der Waals surface area (Å²) >= 11 is 0. The van der Waals surface area contributed by atoms with Crippen LogP contribution in [0.3, 0.4) is 0 Å². The lowest BCUT2D eigenvalue weighted by Gasteiger charge is -2.32. The van der Waals surface area contributed by atoms with E-state index in [0.717, 1.165) is 43.5 Å². The van der Waals surface area contributed by atoms with E-state index in [1.54, 1.807) is 26.4 Å². The summed E-state index contributed by atoms with van der Waals surface area (Å²) in [6, 6.07) is 7.42. The van der Waals surface area contributed by atoms with Crippen LogP contribution in [-0.4, -0.2) is 57.2 Å². The number of aliphatic imine (C=N–C) groups is 1. The second-order valence-electron chi connectivity index (χ2n) is 6.62. The average Bonchev–Trinajstić information content (AvgIpc) is 3.29. The highest BCUT2D eigenvalue weighted by Gasteiger charge is 2.21. The first-order valence-electron chi connectivity index (χ1n) is 9.75. The molecule has 0 unspecified atom stereocenters. The summed E-state index contributed by atoms with van der Waals surface area (Å²) < 4.78 is 15.9. The van der Waals surface area contributed by atoms with Gasteiger partial charge in [0, 0.05) is 26.2 Å². The lowest BCUT2D eigenvalue weighted by Crippen LogP contribution is -2.44. The van der Waals surface area contributed by atoms with Gasteiger partial charge in [0.05, 0.1) is 27.0 Å². The quantitative estimate of drug-likeness (QED) is 0.249. The molecule has 1 aliphatic rings. The molecule has 3 rings (SSSR count). The van der Waals surface area contributed by atoms with Crippen LogP contribution in [-0.2, 0) is 13.0 Å². The van der Waals surface area contributed by atoms with Crippen molar-refractivity contribution in [2.24, 2.45) is 4.99 Å². The van der Waals surface area contributed by atoms with Crippen molar-refractivity contribution in [3.8, 4) is 11.5 Å². The number of furan rings is 1. The lowest BCUT2D eigenvalue weighted by molar-refractivity contribution is 0.0927. The normalized spacial score (nSPS) is 13.2. The van der Waals surface area contributed by atoms with Crippen molar-refractivity contribution in [2.45, 2.75) is 19.9 Å². The molecular weight excluding hydrogens is 499 g/mol. The molecule has 2 N–H and O–H groups in total. The molecule has 0 fully saturated rings. The zero-order valence-corrected chi connectivity index (χ0v) is 19.9. The van der Waals surface area contributed by atoms with Gasteiger partial charge in [0.2, 0.25) is 0 Å². The maximum atomic E-state index is 11.9. The van der Waals surface area contributed by atoms with Crippen molar-refractivity contribution in [3.63, 3.8) is 0 Å². The molecule has 0 saturated heterocycles. The fourth-order valence-electron chi connectivity index (χ4n) is 3.32. The highest BCUT2D eigenvalue weighted by Crippen LogP contribution is 2.33. The van der Waals surface area contributed by atoms with Crippen molar-refractivity contribution < 1.29 is 18.7 Å². The van der Waals surface area contributed by atoms with Gasteiger partial charge in [0.15, 0.2) is 23.2 Å². The summed E-state index contributed by atoms with van der Waals surface area (Å²) in [7, 11) is 3.30. The molecule has 1 aliphatic heterocycles. The van der Waals surface area contributed by atoms with Crippen molar-refractivity contribution in [2.75, 3.05) is 40.4 Å². The number of guanidine groups is 1. The topological polar surface area (TPSA) is 88.3 Å². The van der Waals surface area contributed by atoms with Crippen LogP contribution >= 0.6 is 24.0 Å². The number of nitrogens with one attached hydrogen (secondary N) is 2. The van der Waals surface area contributed by atoms with Gasteiger partial charge in [0.25, 0.3) is 5.91 Å². The summed E-state index contributed by atoms with van der Waals surface area (Å²) in [5.41, 5.74) is 2.46. The molecule has 0 saturated carbocycles. The Morgan fingerprint density at radius 2 is 1.93 bits per heavy atom. The highest BCUT2D eigenvalue weighted by atomic mass is 127. The number of amides is 1. The second kappa shape index (κ2) is 11.7. The first-order chi connectivity index (χ1) is 14.2. The second-order valence-corrected chi connectivity index (χ2v) is 6.62. The zero-order chi connectivity index (χ0) is 20.6. The summed E-state index contributed by atoms with van der Waals surface area (Å²) in [5, 5.41) is 6.15. The third-order valence-corrected chi connectivity index (χ3v) is 4.76. The smallest absolute Gasteiger partial charge is 0.287 e. The number of hydrogen-bond acceptors (Lipinski definition) is 5. The van der Waals surface area contributed by atoms with Gasteiger partial charge in [-0.05, 0) is 48.7 Å². The van der Waals surface area contributed by atoms with Gasteiger partial charge in [0.1, 0.15) is 0 Å². The summed E-state index contributed by atoms with van der Waals surface area (Å²) in [4.78, 5) is 18.8. The van der Waals surface area contributed by atoms with Crippen molar-refractivity contribution in [3.05, 3.63) is 47.4 Å². The number of benzene rings is 1. The molecule has 0 spiro atoms. The largest absolute Gasteiger partial charge is 0.493 e. The monoisotopic (exact) mass is 528 g/mol. The Morgan fingerprint density at radius 3 is 2.57 bits per heavy atom. The third-order valence-electron chi connectivity index (χ3n) is 4.76. The number of carbonyl (C=O) groups is 1. The van der Waals surface area contributed by atoms with Gasteiger partial charge in [-0.25, -0.2) is 0 Å². The SMILES string of the molecule is CCNC(=NCCNC(=O)c1ccco1)N1CCc2cc(OC)c(OC)cc2C1.I. The van der Waals surface area contributed by atoms with Crippen LogP contribution in [0.15, 0.2) is 39.9 Å². The first kappa shape index (κ1) is 23.8. The summed E-state index contributed by atoms with van der Waals surface area (Å²) in [5.74, 6) is 2.39. The van der Waals surface area contributed by atoms with E-state index in [-0.39, 0.29) is 29.9 Å². The van der Waals surface area contributed by atoms with Crippen LogP contribution in [0.25, 0.3) is 0 Å². The molecule has 0 radical (unpaired) electrons. The number of carbonyl (C=O) groups excluding carboxylic acids is 1. The van der Waals surface area contributed by atoms with Crippen molar-refractivity contribution in [1.82, 2.24) is 15.5 Å². The fourth-order valence-corrected chi connectivity index (χ4v) is 3.32. The van der Waals surface area contributed by atoms with E-state index >= 15 is 0 Å². The summed E-state index contributed by atoms with van der Waals surface area (Å²) in [6.07, 6.45) is 2.38. The molecule has 0 bridgehead atoms. The lowest BCUT2D eigenvalue weighted by atomic mass is 9.99. The summed E-state index contributed by atoms with van der Waals surface area (Å²) in [6.45, 7) is 5.31. The minimum atomic E-state index is -0.233. The van der Waals surface area contributed by atoms with Crippen LogP contribution < -0.4 is 20.1 Å². The molecule has 0 aliphatic carbocycles. The Kier molecular flexibility index (Phi) is 9.28. The Morgan fingerprint density at radius 1 is 1.20 bits per heavy atom. The van der Waals surface area contributed by atoms with E-state index in [0.29, 0.717) is 18.8 Å². The van der Waals surface area contributed by atoms with E-state index < -0.39 is 0 Å². The Labute approximate surface area is 194 Å². The van der Waals surface area contributed by atoms with Gasteiger partial charge in [-0.3, -0.25) is 9.79 Å². The molecule has 30 heavy (non-hydrogen) atoms. The van der Waals surface area contributed by atoms with E-state index in [4.69, 9.17) is 13.9 Å². The van der Waals surface area contributed by atoms with Gasteiger partial charge in [-0.2, -0.15) is 0 Å². The Balaban J connectivity index is 0.00000320. The molecule has 1 aromatic carbocycles. The molecule has 8 nitrogen and oxygen atoms in total. The molecular formula is C21H29IN4O4. The van der Waals surface area contributed by atoms with E-state index in [9.17, 15) is 4.79 Å². The maximum Gasteiger partial charge on any atom is 0.287 e. The molecule has 0 atom stereocenters. The van der Waals surface area contributed by atoms with E-state index in [1.807, 2.05) is 13.0 Å². The van der Waals surface area contributed by atoms with Crippen LogP contribution in [0, 0.1) is 0 Å². The number of methoxy groups -OCH3 is 2. The number of rotatable bonds is 7. The standard InChI is InChI=1S/C21H28N4O4.HI/c1-4-22-21(24-9-8-23-20(26)17-6-5-11-29-17)25-10-7-15-12-18(27-2)19(28-3)13-16(15)14-25;/h5-6,11-13H,4,7-10,14H2,1-3H3,(H,22,24)(H,23,26);1H. The number of halogens is 1. The van der Waals surface area contributed by atoms with Crippen LogP contribution in [0.2, 0.25) is 0 Å². The number of ether oxygens (including phenoxy) is 2. The van der Waals surface area contributed by atoms with Crippen LogP contribution in [0.5, 0.6) is 11.5 Å². The predicted molar refractivity (Wildman–Crippen MR) is 126 cm³/mol. The fraction of sp³-hybridized carbons (Fsp3) is 0.429. The maximum absolute atomic E-state index is 11.9. The van der Waals surface area contributed by atoms with Crippen LogP contribution in [0.1, 0.15) is 28.6 Å². The van der Waals surface area contributed by atoms with Gasteiger partial charge < -0.3 is 29.4 Å². The molecule has 1 aromatic heterocycles. The van der Waals surface area contributed by atoms with E-state index in [2.05, 4.69) is 26.6 Å². The minimum Gasteiger partial charge on any atom is -0.493 e. The number of nitrogens with zero attached hydrogens (tertiary/aromatic N) is 2.